The highest BCUT2D eigenvalue weighted by molar-refractivity contribution is 6.15. The molecular formula is C130H90N6O8. The van der Waals surface area contributed by atoms with Crippen molar-refractivity contribution in [1.29, 1.82) is 0 Å². The highest BCUT2D eigenvalue weighted by atomic mass is 16.1. The van der Waals surface area contributed by atoms with Gasteiger partial charge in [-0.1, -0.05) is 262 Å². The molecule has 0 atom stereocenters. The zero-order valence-electron chi connectivity index (χ0n) is 80.2. The van der Waals surface area contributed by atoms with E-state index in [1.165, 1.54) is 44.5 Å². The third-order valence-corrected chi connectivity index (χ3v) is 32.2. The summed E-state index contributed by atoms with van der Waals surface area (Å²) in [5.41, 5.74) is 28.9. The molecule has 10 heterocycles. The number of anilines is 6. The Labute approximate surface area is 823 Å². The highest BCUT2D eigenvalue weighted by Gasteiger charge is 2.43. The van der Waals surface area contributed by atoms with E-state index in [0.29, 0.717) is 97.3 Å². The summed E-state index contributed by atoms with van der Waals surface area (Å²) in [4.78, 5) is 115. The summed E-state index contributed by atoms with van der Waals surface area (Å²) >= 11 is 0. The van der Waals surface area contributed by atoms with Gasteiger partial charge in [0.15, 0.2) is 43.4 Å². The van der Waals surface area contributed by atoms with E-state index in [2.05, 4.69) is 247 Å². The van der Waals surface area contributed by atoms with Gasteiger partial charge in [-0.25, -0.2) is 0 Å². The molecule has 18 aromatic carbocycles. The number of aromatic nitrogens is 4. The molecule has 4 aliphatic rings. The van der Waals surface area contributed by atoms with Gasteiger partial charge in [0.05, 0.1) is 99.7 Å². The molecule has 2 aliphatic carbocycles. The summed E-state index contributed by atoms with van der Waals surface area (Å²) in [6.07, 6.45) is 1.49. The number of hydrogen-bond acceptors (Lipinski definition) is 10. The Balaban J connectivity index is 0.0000000959. The van der Waals surface area contributed by atoms with Gasteiger partial charge in [0, 0.05) is 115 Å². The molecule has 688 valence electrons. The third-order valence-electron chi connectivity index (χ3n) is 32.2. The Morgan fingerprint density at radius 3 is 0.972 bits per heavy atom. The lowest BCUT2D eigenvalue weighted by molar-refractivity contribution is 0.612. The minimum Gasteiger partial charge on any atom is -0.310 e. The first-order valence-corrected chi connectivity index (χ1v) is 49.1. The van der Waals surface area contributed by atoms with Crippen molar-refractivity contribution in [2.75, 3.05) is 9.80 Å². The van der Waals surface area contributed by atoms with Gasteiger partial charge in [-0.05, 0) is 243 Å². The molecule has 0 unspecified atom stereocenters. The molecule has 0 bridgehead atoms. The zero-order chi connectivity index (χ0) is 97.9. The second-order valence-corrected chi connectivity index (χ2v) is 41.1. The van der Waals surface area contributed by atoms with E-state index in [4.69, 9.17) is 0 Å². The van der Waals surface area contributed by atoms with Gasteiger partial charge in [0.25, 0.3) is 0 Å². The predicted octanol–water partition coefficient (Wildman–Crippen LogP) is 26.9. The van der Waals surface area contributed by atoms with E-state index >= 15 is 0 Å². The van der Waals surface area contributed by atoms with Crippen LogP contribution in [0.3, 0.4) is 0 Å². The summed E-state index contributed by atoms with van der Waals surface area (Å²) in [7, 11) is 0. The molecule has 144 heavy (non-hydrogen) atoms. The van der Waals surface area contributed by atoms with E-state index in [0.717, 1.165) is 124 Å². The molecule has 0 saturated carbocycles. The van der Waals surface area contributed by atoms with Gasteiger partial charge in [-0.2, -0.15) is 0 Å². The zero-order valence-corrected chi connectivity index (χ0v) is 80.2. The topological polar surface area (TPSA) is 161 Å². The van der Waals surface area contributed by atoms with Crippen molar-refractivity contribution in [3.8, 4) is 0 Å². The van der Waals surface area contributed by atoms with Gasteiger partial charge in [-0.15, -0.1) is 0 Å². The van der Waals surface area contributed by atoms with Gasteiger partial charge >= 0.3 is 0 Å². The second-order valence-electron chi connectivity index (χ2n) is 41.1. The minimum absolute atomic E-state index is 0.00949. The van der Waals surface area contributed by atoms with Crippen LogP contribution in [0.25, 0.3) is 152 Å². The highest BCUT2D eigenvalue weighted by Crippen LogP contribution is 2.57. The Morgan fingerprint density at radius 2 is 0.500 bits per heavy atom. The van der Waals surface area contributed by atoms with Crippen LogP contribution in [0.1, 0.15) is 122 Å². The largest absolute Gasteiger partial charge is 0.310 e. The lowest BCUT2D eigenvalue weighted by Gasteiger charge is -2.42. The average Bonchev–Trinajstić information content (AvgIpc) is 0.679. The smallest absolute Gasteiger partial charge is 0.197 e. The molecule has 0 radical (unpaired) electrons. The first kappa shape index (κ1) is 85.3. The fourth-order valence-corrected chi connectivity index (χ4v) is 25.7. The molecule has 14 heteroatoms. The van der Waals surface area contributed by atoms with Crippen LogP contribution in [0.15, 0.2) is 414 Å². The molecule has 8 aromatic heterocycles. The molecule has 14 nitrogen and oxygen atoms in total. The van der Waals surface area contributed by atoms with E-state index in [9.17, 15) is 38.4 Å². The van der Waals surface area contributed by atoms with Gasteiger partial charge in [0.2, 0.25) is 0 Å². The second kappa shape index (κ2) is 30.8. The summed E-state index contributed by atoms with van der Waals surface area (Å²) in [5.74, 6) is 0. The lowest BCUT2D eigenvalue weighted by Crippen LogP contribution is -2.32. The Kier molecular flexibility index (Phi) is 18.3. The van der Waals surface area contributed by atoms with Crippen molar-refractivity contribution >= 4 is 187 Å². The maximum atomic E-state index is 14.5. The number of para-hydroxylation sites is 12. The minimum atomic E-state index is -0.446. The summed E-state index contributed by atoms with van der Waals surface area (Å²) in [6, 6.07) is 124. The number of benzene rings is 18. The molecule has 0 saturated heterocycles. The van der Waals surface area contributed by atoms with Crippen molar-refractivity contribution < 1.29 is 0 Å². The standard InChI is InChI=1S/2C35H24N2O2.2C30H21NO2/c1-35(2)26-16-7-9-18-29(26)36(21-11-4-3-5-12-21)31-19-25-30(20-27(31)35)37-28-17-8-6-13-22(28)33(38)23-14-10-15-24(32(23)37)34(25)39;1-35(2)25-16-7-9-18-27(25)36(21-11-4-3-5-12-21)29-20-19-28-30(31(29)35)34(39)24-15-10-14-23-32(24)37(28)26-17-8-6-13-22(26)33(23)38;1-30(2)22-12-5-3-8-17(22)16-21-23(30)14-15-25-26(21)29(33)20-11-7-10-19-27(20)31(25)24-13-6-4-9-18(24)28(19)32;1-30(2)23-12-5-3-8-17(23)16-22-24(30)15-14-21-27(22)31-25-13-6-4-9-18(25)28(32)19-10-7-11-20(26(19)31)29(21)33/h2*3-20H,1-2H3;2*3-15H,16H2,1-2H3. The van der Waals surface area contributed by atoms with Crippen LogP contribution in [0, 0.1) is 0 Å². The Hall–Kier alpha value is -17.9. The van der Waals surface area contributed by atoms with Gasteiger partial charge < -0.3 is 27.4 Å². The van der Waals surface area contributed by atoms with Gasteiger partial charge in [-0.3, -0.25) is 38.4 Å². The SMILES string of the molecule is CC1(C)c2ccccc2Cc2c1ccc1c(=O)c3cccc4c(=O)c5ccccc5n(c21)c43.CC1(C)c2ccccc2Cc2c1ccc1c2c(=O)c2cccc3c(=O)c4ccccc4n1c32.CC1(C)c2ccccc2N(c2ccccc2)c2cc3c(=O)c4cccc5c(=O)c6ccccc6n(c3cc21)c54.CC1(C)c2ccccc2N(c2ccccc2)c2ccc3c(c21)c(=O)c1cccc2c(=O)c4ccccc4n3c21. The van der Waals surface area contributed by atoms with E-state index < -0.39 is 5.41 Å². The first-order valence-electron chi connectivity index (χ1n) is 49.1. The van der Waals surface area contributed by atoms with E-state index in [1.54, 1.807) is 0 Å². The van der Waals surface area contributed by atoms with Crippen LogP contribution in [0.2, 0.25) is 0 Å². The lowest BCUT2D eigenvalue weighted by atomic mass is 9.68. The van der Waals surface area contributed by atoms with Gasteiger partial charge in [0.1, 0.15) is 0 Å². The molecule has 0 fully saturated rings. The van der Waals surface area contributed by atoms with Crippen molar-refractivity contribution in [3.05, 3.63) is 525 Å². The van der Waals surface area contributed by atoms with Crippen LogP contribution in [-0.2, 0) is 34.5 Å². The first-order chi connectivity index (χ1) is 69.9. The quantitative estimate of drug-likeness (QED) is 0.120. The maximum absolute atomic E-state index is 14.5. The summed E-state index contributed by atoms with van der Waals surface area (Å²) < 4.78 is 8.57. The fourth-order valence-electron chi connectivity index (χ4n) is 25.7. The summed E-state index contributed by atoms with van der Waals surface area (Å²) in [5, 5.41) is 10.1. The van der Waals surface area contributed by atoms with Crippen LogP contribution < -0.4 is 53.2 Å². The molecular weight excluding hydrogens is 1770 g/mol. The monoisotopic (exact) mass is 1860 g/mol. The van der Waals surface area contributed by atoms with Crippen molar-refractivity contribution in [2.45, 2.75) is 89.9 Å². The Morgan fingerprint density at radius 1 is 0.188 bits per heavy atom. The van der Waals surface area contributed by atoms with E-state index in [-0.39, 0.29) is 59.7 Å². The molecule has 30 rings (SSSR count). The van der Waals surface area contributed by atoms with Crippen molar-refractivity contribution in [2.24, 2.45) is 0 Å². The predicted molar refractivity (Wildman–Crippen MR) is 591 cm³/mol. The van der Waals surface area contributed by atoms with Crippen molar-refractivity contribution in [1.82, 2.24) is 17.6 Å². The average molecular weight is 1860 g/mol. The third kappa shape index (κ3) is 11.7. The number of fused-ring (bicyclic) bond motifs is 27. The van der Waals surface area contributed by atoms with Crippen LogP contribution >= 0.6 is 0 Å². The van der Waals surface area contributed by atoms with Crippen LogP contribution in [0.4, 0.5) is 34.1 Å². The summed E-state index contributed by atoms with van der Waals surface area (Å²) in [6.45, 7) is 17.9. The van der Waals surface area contributed by atoms with Crippen molar-refractivity contribution in [3.63, 3.8) is 0 Å². The number of nitrogens with zero attached hydrogens (tertiary/aromatic N) is 6. The molecule has 0 N–H and O–H groups in total. The maximum Gasteiger partial charge on any atom is 0.197 e. The molecule has 2 aliphatic heterocycles. The van der Waals surface area contributed by atoms with E-state index in [1.807, 2.05) is 212 Å². The number of hydrogen-bond donors (Lipinski definition) is 0. The number of rotatable bonds is 2. The normalized spacial score (nSPS) is 14.5. The Bertz CT molecular complexity index is 10600. The molecule has 26 aromatic rings. The fraction of sp³-hybridized carbons (Fsp3) is 0.108. The van der Waals surface area contributed by atoms with Crippen LogP contribution in [-0.4, -0.2) is 17.6 Å². The number of pyridine rings is 8. The van der Waals surface area contributed by atoms with Crippen LogP contribution in [0.5, 0.6) is 0 Å². The molecule has 0 spiro atoms. The molecule has 0 amide bonds.